The number of halogens is 3. The maximum atomic E-state index is 11.9. The van der Waals surface area contributed by atoms with E-state index in [2.05, 4.69) is 10.8 Å². The number of amides is 1. The highest BCUT2D eigenvalue weighted by Gasteiger charge is 2.34. The summed E-state index contributed by atoms with van der Waals surface area (Å²) in [6, 6.07) is 2.08. The molecule has 0 aromatic heterocycles. The Labute approximate surface area is 117 Å². The van der Waals surface area contributed by atoms with Crippen LogP contribution in [0.5, 0.6) is 0 Å². The summed E-state index contributed by atoms with van der Waals surface area (Å²) in [5.74, 6) is 0. The molecule has 0 spiro atoms. The van der Waals surface area contributed by atoms with Gasteiger partial charge < -0.3 is 9.64 Å². The third-order valence-electron chi connectivity index (χ3n) is 3.09. The van der Waals surface area contributed by atoms with Gasteiger partial charge in [-0.3, -0.25) is 0 Å². The summed E-state index contributed by atoms with van der Waals surface area (Å²) in [7, 11) is 0. The molecular weight excluding hydrogens is 273 g/mol. The lowest BCUT2D eigenvalue weighted by atomic mass is 9.78. The molecule has 0 aromatic carbocycles. The molecule has 0 atom stereocenters. The van der Waals surface area contributed by atoms with Gasteiger partial charge in [-0.15, -0.1) is 0 Å². The van der Waals surface area contributed by atoms with Crippen molar-refractivity contribution >= 4 is 6.09 Å². The van der Waals surface area contributed by atoms with Crippen molar-refractivity contribution in [3.63, 3.8) is 0 Å². The van der Waals surface area contributed by atoms with Gasteiger partial charge in [0.1, 0.15) is 0 Å². The van der Waals surface area contributed by atoms with Crippen molar-refractivity contribution in [3.8, 4) is 6.07 Å². The van der Waals surface area contributed by atoms with Crippen LogP contribution >= 0.6 is 0 Å². The van der Waals surface area contributed by atoms with Crippen LogP contribution in [0.1, 0.15) is 40.0 Å². The number of hydrogen-bond acceptors (Lipinski definition) is 3. The van der Waals surface area contributed by atoms with Gasteiger partial charge >= 0.3 is 12.3 Å². The number of carbonyl (C=O) groups is 1. The fourth-order valence-electron chi connectivity index (χ4n) is 1.83. The molecule has 7 heteroatoms. The summed E-state index contributed by atoms with van der Waals surface area (Å²) in [4.78, 5) is 12.6. The van der Waals surface area contributed by atoms with Crippen LogP contribution in [0.4, 0.5) is 18.0 Å². The van der Waals surface area contributed by atoms with Crippen LogP contribution in [-0.4, -0.2) is 36.9 Å². The molecule has 0 bridgehead atoms. The van der Waals surface area contributed by atoms with Gasteiger partial charge in [0, 0.05) is 19.5 Å². The van der Waals surface area contributed by atoms with E-state index in [9.17, 15) is 18.0 Å². The molecule has 0 unspecified atom stereocenters. The maximum Gasteiger partial charge on any atom is 0.422 e. The minimum absolute atomic E-state index is 0.157. The average molecular weight is 294 g/mol. The van der Waals surface area contributed by atoms with E-state index in [-0.39, 0.29) is 5.41 Å². The molecule has 0 saturated carbocycles. The first-order chi connectivity index (χ1) is 9.26. The average Bonchev–Trinajstić information content (AvgIpc) is 2.38. The number of nitrogens with zero attached hydrogens (tertiary/aromatic N) is 2. The lowest BCUT2D eigenvalue weighted by molar-refractivity contribution is -0.162. The fourth-order valence-corrected chi connectivity index (χ4v) is 1.83. The van der Waals surface area contributed by atoms with Gasteiger partial charge in [-0.25, -0.2) is 4.79 Å². The predicted octanol–water partition coefficient (Wildman–Crippen LogP) is 3.73. The summed E-state index contributed by atoms with van der Waals surface area (Å²) in [6.07, 6.45) is -3.85. The van der Waals surface area contributed by atoms with Crippen LogP contribution in [0.3, 0.4) is 0 Å². The number of rotatable bonds is 2. The van der Waals surface area contributed by atoms with Gasteiger partial charge in [-0.1, -0.05) is 20.8 Å². The Kier molecular flexibility index (Phi) is 7.40. The Hall–Kier alpha value is -1.45. The van der Waals surface area contributed by atoms with E-state index in [0.717, 1.165) is 0 Å². The Morgan fingerprint density at radius 2 is 1.85 bits per heavy atom. The molecule has 0 aliphatic carbocycles. The fraction of sp³-hybridized carbons (Fsp3) is 0.846. The summed E-state index contributed by atoms with van der Waals surface area (Å²) in [5, 5.41) is 8.65. The van der Waals surface area contributed by atoms with Crippen LogP contribution in [0.25, 0.3) is 0 Å². The number of piperidine rings is 1. The SMILES string of the molecule is CC.CC1(CC#N)CCN(C(=O)OCC(F)(F)F)CC1. The highest BCUT2D eigenvalue weighted by atomic mass is 19.4. The van der Waals surface area contributed by atoms with E-state index in [1.54, 1.807) is 0 Å². The first kappa shape index (κ1) is 18.6. The normalized spacial score (nSPS) is 17.6. The quantitative estimate of drug-likeness (QED) is 0.779. The molecule has 20 heavy (non-hydrogen) atoms. The van der Waals surface area contributed by atoms with Gasteiger partial charge in [0.05, 0.1) is 6.07 Å². The summed E-state index contributed by atoms with van der Waals surface area (Å²) < 4.78 is 39.8. The number of likely N-dealkylation sites (tertiary alicyclic amines) is 1. The van der Waals surface area contributed by atoms with Crippen LogP contribution < -0.4 is 0 Å². The summed E-state index contributed by atoms with van der Waals surface area (Å²) in [5.41, 5.74) is -0.157. The third kappa shape index (κ3) is 6.64. The van der Waals surface area contributed by atoms with E-state index < -0.39 is 18.9 Å². The van der Waals surface area contributed by atoms with Crippen molar-refractivity contribution in [2.45, 2.75) is 46.2 Å². The second-order valence-electron chi connectivity index (χ2n) is 4.80. The molecule has 1 aliphatic heterocycles. The van der Waals surface area contributed by atoms with Crippen LogP contribution in [0.15, 0.2) is 0 Å². The van der Waals surface area contributed by atoms with Crippen molar-refractivity contribution < 1.29 is 22.7 Å². The molecular formula is C13H21F3N2O2. The van der Waals surface area contributed by atoms with Crippen LogP contribution in [0, 0.1) is 16.7 Å². The molecule has 1 amide bonds. The highest BCUT2D eigenvalue weighted by Crippen LogP contribution is 2.34. The molecule has 1 aliphatic rings. The topological polar surface area (TPSA) is 53.3 Å². The number of ether oxygens (including phenoxy) is 1. The third-order valence-corrected chi connectivity index (χ3v) is 3.09. The minimum atomic E-state index is -4.50. The van der Waals surface area contributed by atoms with Gasteiger partial charge in [0.15, 0.2) is 6.61 Å². The standard InChI is InChI=1S/C11H15F3N2O2.C2H6/c1-10(2-5-15)3-6-16(7-4-10)9(17)18-8-11(12,13)14;1-2/h2-4,6-8H2,1H3;1-2H3. The second-order valence-corrected chi connectivity index (χ2v) is 4.80. The van der Waals surface area contributed by atoms with E-state index >= 15 is 0 Å². The molecule has 1 fully saturated rings. The minimum Gasteiger partial charge on any atom is -0.440 e. The van der Waals surface area contributed by atoms with Crippen molar-refractivity contribution in [3.05, 3.63) is 0 Å². The molecule has 1 rings (SSSR count). The molecule has 1 heterocycles. The molecule has 0 aromatic rings. The largest absolute Gasteiger partial charge is 0.440 e. The first-order valence-electron chi connectivity index (χ1n) is 6.61. The van der Waals surface area contributed by atoms with Crippen molar-refractivity contribution in [2.75, 3.05) is 19.7 Å². The van der Waals surface area contributed by atoms with E-state index in [0.29, 0.717) is 32.4 Å². The molecule has 0 N–H and O–H groups in total. The van der Waals surface area contributed by atoms with Gasteiger partial charge in [0.2, 0.25) is 0 Å². The second kappa shape index (κ2) is 7.98. The molecule has 0 radical (unpaired) electrons. The van der Waals surface area contributed by atoms with Crippen molar-refractivity contribution in [1.29, 1.82) is 5.26 Å². The molecule has 1 saturated heterocycles. The van der Waals surface area contributed by atoms with Crippen LogP contribution in [0.2, 0.25) is 0 Å². The van der Waals surface area contributed by atoms with E-state index in [1.807, 2.05) is 20.8 Å². The Morgan fingerprint density at radius 3 is 2.25 bits per heavy atom. The summed E-state index contributed by atoms with van der Waals surface area (Å²) in [6.45, 7) is 5.04. The van der Waals surface area contributed by atoms with E-state index in [4.69, 9.17) is 5.26 Å². The number of nitriles is 1. The Bertz CT molecular complexity index is 343. The molecule has 4 nitrogen and oxygen atoms in total. The number of alkyl halides is 3. The van der Waals surface area contributed by atoms with Gasteiger partial charge in [-0.05, 0) is 18.3 Å². The van der Waals surface area contributed by atoms with Gasteiger partial charge in [0.25, 0.3) is 0 Å². The Balaban J connectivity index is 0.00000172. The molecule has 116 valence electrons. The lowest BCUT2D eigenvalue weighted by Crippen LogP contribution is -2.43. The predicted molar refractivity (Wildman–Crippen MR) is 67.9 cm³/mol. The maximum absolute atomic E-state index is 11.9. The zero-order valence-corrected chi connectivity index (χ0v) is 12.1. The zero-order valence-electron chi connectivity index (χ0n) is 12.1. The van der Waals surface area contributed by atoms with Crippen molar-refractivity contribution in [1.82, 2.24) is 4.90 Å². The smallest absolute Gasteiger partial charge is 0.422 e. The van der Waals surface area contributed by atoms with Gasteiger partial charge in [-0.2, -0.15) is 18.4 Å². The van der Waals surface area contributed by atoms with Crippen molar-refractivity contribution in [2.24, 2.45) is 5.41 Å². The lowest BCUT2D eigenvalue weighted by Gasteiger charge is -2.37. The number of hydrogen-bond donors (Lipinski definition) is 0. The summed E-state index contributed by atoms with van der Waals surface area (Å²) >= 11 is 0. The highest BCUT2D eigenvalue weighted by molar-refractivity contribution is 5.67. The van der Waals surface area contributed by atoms with E-state index in [1.165, 1.54) is 4.90 Å². The first-order valence-corrected chi connectivity index (χ1v) is 6.61. The van der Waals surface area contributed by atoms with Crippen LogP contribution in [-0.2, 0) is 4.74 Å². The Morgan fingerprint density at radius 1 is 1.35 bits per heavy atom. The number of carbonyl (C=O) groups excluding carboxylic acids is 1. The monoisotopic (exact) mass is 294 g/mol. The zero-order chi connectivity index (χ0) is 15.8.